The molecule has 2 heterocycles. The zero-order chi connectivity index (χ0) is 16.9. The summed E-state index contributed by atoms with van der Waals surface area (Å²) in [5, 5.41) is 3.05. The Bertz CT molecular complexity index is 576. The number of benzene rings is 1. The molecule has 8 heteroatoms. The lowest BCUT2D eigenvalue weighted by molar-refractivity contribution is -0.132. The van der Waals surface area contributed by atoms with Gasteiger partial charge in [-0.25, -0.2) is 0 Å². The molecular weight excluding hydrogens is 377 g/mol. The first-order valence-corrected chi connectivity index (χ1v) is 8.72. The second-order valence-corrected chi connectivity index (χ2v) is 6.58. The number of hydrogen-bond acceptors (Lipinski definition) is 5. The topological polar surface area (TPSA) is 76.8 Å². The van der Waals surface area contributed by atoms with E-state index in [2.05, 4.69) is 16.3 Å². The fourth-order valence-electron chi connectivity index (χ4n) is 3.54. The Morgan fingerprint density at radius 1 is 1.31 bits per heavy atom. The second kappa shape index (κ2) is 10.8. The highest BCUT2D eigenvalue weighted by atomic mass is 35.5. The molecule has 3 atom stereocenters. The molecule has 148 valence electrons. The molecule has 0 bridgehead atoms. The van der Waals surface area contributed by atoms with Gasteiger partial charge in [0.2, 0.25) is 5.91 Å². The van der Waals surface area contributed by atoms with Gasteiger partial charge in [0, 0.05) is 26.2 Å². The van der Waals surface area contributed by atoms with Crippen LogP contribution in [0.15, 0.2) is 24.3 Å². The van der Waals surface area contributed by atoms with Crippen LogP contribution in [-0.4, -0.2) is 51.4 Å². The van der Waals surface area contributed by atoms with E-state index in [1.165, 1.54) is 0 Å². The van der Waals surface area contributed by atoms with Crippen molar-refractivity contribution >= 4 is 36.4 Å². The molecule has 3 N–H and O–H groups in total. The van der Waals surface area contributed by atoms with Crippen molar-refractivity contribution in [3.05, 3.63) is 24.3 Å². The smallest absolute Gasteiger partial charge is 0.249 e. The van der Waals surface area contributed by atoms with Gasteiger partial charge in [0.25, 0.3) is 0 Å². The Labute approximate surface area is 167 Å². The molecule has 1 unspecified atom stereocenters. The number of amides is 1. The van der Waals surface area contributed by atoms with Crippen molar-refractivity contribution in [1.82, 2.24) is 5.32 Å². The van der Waals surface area contributed by atoms with Crippen LogP contribution in [0.25, 0.3) is 0 Å². The van der Waals surface area contributed by atoms with Crippen molar-refractivity contribution in [2.24, 2.45) is 11.7 Å². The van der Waals surface area contributed by atoms with Crippen LogP contribution >= 0.6 is 24.8 Å². The van der Waals surface area contributed by atoms with E-state index in [0.29, 0.717) is 19.0 Å². The number of para-hydroxylation sites is 2. The molecule has 2 aliphatic heterocycles. The average molecular weight is 406 g/mol. The number of carbonyl (C=O) groups excluding carboxylic acids is 1. The quantitative estimate of drug-likeness (QED) is 0.756. The molecule has 2 aliphatic rings. The maximum absolute atomic E-state index is 12.2. The third kappa shape index (κ3) is 5.39. The first-order valence-electron chi connectivity index (χ1n) is 8.72. The van der Waals surface area contributed by atoms with Crippen LogP contribution in [0.2, 0.25) is 0 Å². The van der Waals surface area contributed by atoms with Gasteiger partial charge in [0.05, 0.1) is 18.9 Å². The number of nitrogens with one attached hydrogen (secondary N) is 1. The lowest BCUT2D eigenvalue weighted by Gasteiger charge is -2.21. The summed E-state index contributed by atoms with van der Waals surface area (Å²) in [5.74, 6) is 1.35. The first kappa shape index (κ1) is 22.8. The number of methoxy groups -OCH3 is 1. The van der Waals surface area contributed by atoms with Crippen molar-refractivity contribution in [1.29, 1.82) is 0 Å². The van der Waals surface area contributed by atoms with Gasteiger partial charge in [0.15, 0.2) is 0 Å². The van der Waals surface area contributed by atoms with E-state index >= 15 is 0 Å². The van der Waals surface area contributed by atoms with E-state index in [4.69, 9.17) is 15.2 Å². The molecule has 1 amide bonds. The van der Waals surface area contributed by atoms with Gasteiger partial charge < -0.3 is 25.4 Å². The van der Waals surface area contributed by atoms with Crippen LogP contribution in [0.4, 0.5) is 5.69 Å². The van der Waals surface area contributed by atoms with Crippen molar-refractivity contribution in [3.8, 4) is 5.75 Å². The van der Waals surface area contributed by atoms with Gasteiger partial charge in [-0.2, -0.15) is 0 Å². The molecular formula is C18H29Cl2N3O3. The molecule has 2 fully saturated rings. The van der Waals surface area contributed by atoms with Crippen molar-refractivity contribution < 1.29 is 14.3 Å². The minimum atomic E-state index is -0.328. The molecule has 0 aliphatic carbocycles. The van der Waals surface area contributed by atoms with E-state index < -0.39 is 0 Å². The number of carbonyl (C=O) groups is 1. The lowest BCUT2D eigenvalue weighted by atomic mass is 10.1. The van der Waals surface area contributed by atoms with Crippen LogP contribution in [0.1, 0.15) is 19.3 Å². The van der Waals surface area contributed by atoms with E-state index in [1.807, 2.05) is 18.2 Å². The summed E-state index contributed by atoms with van der Waals surface area (Å²) >= 11 is 0. The highest BCUT2D eigenvalue weighted by Gasteiger charge is 2.31. The number of rotatable bonds is 6. The number of halogens is 2. The summed E-state index contributed by atoms with van der Waals surface area (Å²) in [6.45, 7) is 3.09. The van der Waals surface area contributed by atoms with Crippen molar-refractivity contribution in [2.45, 2.75) is 31.5 Å². The molecule has 26 heavy (non-hydrogen) atoms. The molecule has 1 aromatic carbocycles. The largest absolute Gasteiger partial charge is 0.495 e. The van der Waals surface area contributed by atoms with E-state index in [-0.39, 0.29) is 42.9 Å². The molecule has 1 aromatic rings. The Balaban J connectivity index is 0.00000169. The van der Waals surface area contributed by atoms with Crippen LogP contribution in [0, 0.1) is 5.92 Å². The van der Waals surface area contributed by atoms with Crippen molar-refractivity contribution in [3.63, 3.8) is 0 Å². The predicted molar refractivity (Wildman–Crippen MR) is 108 cm³/mol. The number of hydrogen-bond donors (Lipinski definition) is 2. The zero-order valence-corrected chi connectivity index (χ0v) is 16.7. The highest BCUT2D eigenvalue weighted by Crippen LogP contribution is 2.31. The normalized spacial score (nSPS) is 24.5. The number of nitrogens with zero attached hydrogens (tertiary/aromatic N) is 1. The number of ether oxygens (including phenoxy) is 2. The molecule has 0 radical (unpaired) electrons. The molecule has 2 saturated heterocycles. The number of anilines is 1. The van der Waals surface area contributed by atoms with E-state index in [9.17, 15) is 4.79 Å². The minimum absolute atomic E-state index is 0. The van der Waals surface area contributed by atoms with Gasteiger partial charge in [0.1, 0.15) is 11.9 Å². The average Bonchev–Trinajstić information content (AvgIpc) is 3.29. The van der Waals surface area contributed by atoms with Crippen LogP contribution in [-0.2, 0) is 9.53 Å². The summed E-state index contributed by atoms with van der Waals surface area (Å²) in [5.41, 5.74) is 6.72. The maximum Gasteiger partial charge on any atom is 0.249 e. The fourth-order valence-corrected chi connectivity index (χ4v) is 3.54. The molecule has 0 spiro atoms. The Hall–Kier alpha value is -1.21. The molecule has 3 rings (SSSR count). The van der Waals surface area contributed by atoms with Crippen LogP contribution in [0.5, 0.6) is 5.75 Å². The number of nitrogens with two attached hydrogens (primary N) is 1. The van der Waals surface area contributed by atoms with Gasteiger partial charge in [-0.15, -0.1) is 24.8 Å². The van der Waals surface area contributed by atoms with E-state index in [1.54, 1.807) is 7.11 Å². The standard InChI is InChI=1S/C18H27N3O3.2ClH/c1-23-16-5-3-2-4-15(16)21-9-8-13(12-21)11-20-18(22)17-7-6-14(10-19)24-17;;/h2-5,13-14,17H,6-12,19H2,1H3,(H,20,22);2*1H/t13?,14-,17+;;/m1../s1. The highest BCUT2D eigenvalue weighted by molar-refractivity contribution is 5.85. The SMILES string of the molecule is COc1ccccc1N1CCC(CNC(=O)[C@@H]2CC[C@H](CN)O2)C1.Cl.Cl. The van der Waals surface area contributed by atoms with Gasteiger partial charge in [-0.3, -0.25) is 4.79 Å². The monoisotopic (exact) mass is 405 g/mol. The molecule has 0 saturated carbocycles. The Kier molecular flexibility index (Phi) is 9.50. The van der Waals surface area contributed by atoms with Gasteiger partial charge >= 0.3 is 0 Å². The third-order valence-corrected chi connectivity index (χ3v) is 4.94. The third-order valence-electron chi connectivity index (χ3n) is 4.94. The Morgan fingerprint density at radius 3 is 2.77 bits per heavy atom. The van der Waals surface area contributed by atoms with Crippen molar-refractivity contribution in [2.75, 3.05) is 38.2 Å². The van der Waals surface area contributed by atoms with Gasteiger partial charge in [-0.05, 0) is 37.3 Å². The fraction of sp³-hybridized carbons (Fsp3) is 0.611. The minimum Gasteiger partial charge on any atom is -0.495 e. The summed E-state index contributed by atoms with van der Waals surface area (Å²) in [6, 6.07) is 8.07. The summed E-state index contributed by atoms with van der Waals surface area (Å²) < 4.78 is 11.1. The predicted octanol–water partition coefficient (Wildman–Crippen LogP) is 1.99. The summed E-state index contributed by atoms with van der Waals surface area (Å²) in [4.78, 5) is 14.5. The molecule has 6 nitrogen and oxygen atoms in total. The summed E-state index contributed by atoms with van der Waals surface area (Å²) in [7, 11) is 1.70. The molecule has 0 aromatic heterocycles. The Morgan fingerprint density at radius 2 is 2.08 bits per heavy atom. The van der Waals surface area contributed by atoms with Crippen LogP contribution in [0.3, 0.4) is 0 Å². The first-order chi connectivity index (χ1) is 11.7. The van der Waals surface area contributed by atoms with E-state index in [0.717, 1.165) is 43.8 Å². The zero-order valence-electron chi connectivity index (χ0n) is 15.1. The second-order valence-electron chi connectivity index (χ2n) is 6.58. The summed E-state index contributed by atoms with van der Waals surface area (Å²) in [6.07, 6.45) is 2.42. The van der Waals surface area contributed by atoms with Crippen LogP contribution < -0.4 is 20.7 Å². The maximum atomic E-state index is 12.2. The lowest BCUT2D eigenvalue weighted by Crippen LogP contribution is -2.38. The van der Waals surface area contributed by atoms with Gasteiger partial charge in [-0.1, -0.05) is 12.1 Å².